The van der Waals surface area contributed by atoms with Crippen LogP contribution in [0.4, 0.5) is 5.69 Å². The molecule has 0 unspecified atom stereocenters. The number of para-hydroxylation sites is 2. The summed E-state index contributed by atoms with van der Waals surface area (Å²) in [6, 6.07) is 20.4. The number of carbonyl (C=O) groups is 18. The molecular formula is C97H114N18O31S3. The highest BCUT2D eigenvalue weighted by Gasteiger charge is 2.54. The summed E-state index contributed by atoms with van der Waals surface area (Å²) in [6.07, 6.45) is -0.739. The predicted octanol–water partition coefficient (Wildman–Crippen LogP) is -0.895. The maximum absolute atomic E-state index is 15.0. The summed E-state index contributed by atoms with van der Waals surface area (Å²) in [6.45, 7) is 1.84. The Kier molecular flexibility index (Phi) is 43.5. The minimum atomic E-state index is -1.91. The molecule has 11 rings (SSSR count). The van der Waals surface area contributed by atoms with Crippen molar-refractivity contribution in [2.45, 2.75) is 119 Å². The molecule has 49 nitrogen and oxygen atoms in total. The van der Waals surface area contributed by atoms with Crippen molar-refractivity contribution in [3.63, 3.8) is 0 Å². The Hall–Kier alpha value is -15.6. The average molecular weight is 2120 g/mol. The number of primary amides is 1. The second-order valence-electron chi connectivity index (χ2n) is 33.8. The number of carboxylic acids is 2. The molecular weight excluding hydrogens is 2010 g/mol. The summed E-state index contributed by atoms with van der Waals surface area (Å²) in [4.78, 5) is 249. The number of ether oxygens (including phenoxy) is 9. The lowest BCUT2D eigenvalue weighted by Gasteiger charge is -2.36. The minimum absolute atomic E-state index is 0.0101. The molecule has 23 N–H and O–H groups in total. The molecule has 8 atom stereocenters. The number of hydrogen-bond acceptors (Lipinski definition) is 32. The number of anilines is 1. The molecule has 0 saturated carbocycles. The van der Waals surface area contributed by atoms with Gasteiger partial charge < -0.3 is 159 Å². The molecule has 2 aromatic heterocycles. The number of aromatic hydroxyl groups is 2. The number of carbonyl (C=O) groups excluding carboxylic acids is 16. The van der Waals surface area contributed by atoms with Gasteiger partial charge in [-0.2, -0.15) is 0 Å². The van der Waals surface area contributed by atoms with E-state index in [0.29, 0.717) is 124 Å². The number of phenols is 2. The second kappa shape index (κ2) is 56.9. The summed E-state index contributed by atoms with van der Waals surface area (Å²) in [5.74, 6) is -19.2. The van der Waals surface area contributed by atoms with Crippen LogP contribution in [0.1, 0.15) is 89.7 Å². The SMILES string of the molecule is CC(=O)N[C@@H](CC(=O)O)C(=O)N[C@H]1CSSC[C@@H](C(N)=O)NC(=O)[C@H](Cc2c[nH]c3ccccc23)NC(=O)CNC(=O)CNC(=O)[C@H](CCC(=O)O)NC(=O)CNC(=O)CNC(=O)[C@H](CC(=O)NCc2ccc(OC(=O)CCOCCOCCOCCOCCOCCOCCNC(=S)Nc3ccc4c(c3)C(=O)OC43c4ccc(O)cc4Oc4cc(O)ccc43)cc2)NC(=O)[C@H](Cc2c[nH]c3ccccc23)NC(=O)[C@H](C)NC1=O. The van der Waals surface area contributed by atoms with Crippen LogP contribution < -0.4 is 95.0 Å². The maximum atomic E-state index is 15.0. The van der Waals surface area contributed by atoms with E-state index < -0.39 is 218 Å². The lowest BCUT2D eigenvalue weighted by atomic mass is 9.77. The Labute approximate surface area is 863 Å². The van der Waals surface area contributed by atoms with E-state index in [1.54, 1.807) is 85.1 Å². The van der Waals surface area contributed by atoms with Crippen LogP contribution in [0, 0.1) is 0 Å². The number of hydrogen-bond donors (Lipinski definition) is 22. The molecule has 0 radical (unpaired) electrons. The fraction of sp³-hybridized carbons (Fsp3) is 0.392. The highest BCUT2D eigenvalue weighted by Crippen LogP contribution is 2.57. The first-order valence-electron chi connectivity index (χ1n) is 46.9. The fourth-order valence-electron chi connectivity index (χ4n) is 15.4. The topological polar surface area (TPSA) is 709 Å². The first-order valence-corrected chi connectivity index (χ1v) is 49.8. The maximum Gasteiger partial charge on any atom is 0.340 e. The summed E-state index contributed by atoms with van der Waals surface area (Å²) in [7, 11) is 1.62. The molecule has 0 aliphatic carbocycles. The first-order chi connectivity index (χ1) is 71.5. The van der Waals surface area contributed by atoms with Gasteiger partial charge in [0.15, 0.2) is 10.7 Å². The van der Waals surface area contributed by atoms with Gasteiger partial charge in [0.1, 0.15) is 77.1 Å². The number of amides is 14. The molecule has 3 aliphatic rings. The number of nitrogens with two attached hydrogens (primary N) is 1. The second-order valence-corrected chi connectivity index (χ2v) is 36.7. The number of carboxylic acid groups (broad SMARTS) is 2. The van der Waals surface area contributed by atoms with E-state index in [1.807, 2.05) is 0 Å². The standard InChI is InChI=1S/C97H114N18O31S3/c1-53-88(130)112-72(38-57-46-101-69-10-6-4-8-63(57)69)92(134)113-73(42-79(119)102-44-55-11-16-61(17-12-55)144-86(128)23-25-138-27-29-140-31-33-142-35-36-143-34-32-141-30-28-139-26-24-99-96(147)109-58-13-18-65-64(39-58)95(137)146-97(65)66-19-14-59(117)40-77(66)145-78-41-60(118)15-20-67(78)97)90(132)106-48-81(121)103-49-82(122)110-70(21-22-84(124)125)89(131)105-47-80(120)104-50-83(123)111-71(37-56-45-100-68-9-5-3-7-62(56)68)91(133)114-75(87(98)129)51-148-149-52-76(94(136)107-53)115-93(135)74(43-85(126)127)108-54(2)116/h3-20,39-41,45-46,53,70-76,100-101,117-118H,21-38,42-44,47-52H2,1-2H3,(H2,98,129)(H,102,119)(H,103,121)(H,104,120)(H,105,131)(H,106,132)(H,107,136)(H,108,116)(H,110,122)(H,111,123)(H,112,130)(H,113,134)(H,114,133)(H,115,135)(H,124,125)(H,126,127)(H2,99,109,147)/t53-,70-,71-,72-,73-,74-,75-,76-/m0/s1. The van der Waals surface area contributed by atoms with Gasteiger partial charge in [0.25, 0.3) is 0 Å². The van der Waals surface area contributed by atoms with Gasteiger partial charge in [-0.3, -0.25) is 81.5 Å². The molecule has 1 spiro atoms. The Morgan fingerprint density at radius 2 is 1.03 bits per heavy atom. The van der Waals surface area contributed by atoms with E-state index in [2.05, 4.69) is 89.7 Å². The molecule has 14 amide bonds. The number of rotatable bonds is 40. The minimum Gasteiger partial charge on any atom is -0.508 e. The monoisotopic (exact) mass is 2120 g/mol. The molecule has 3 aliphatic heterocycles. The number of benzene rings is 6. The number of aromatic amines is 2. The summed E-state index contributed by atoms with van der Waals surface area (Å²) in [5, 5.41) is 78.3. The third kappa shape index (κ3) is 35.1. The van der Waals surface area contributed by atoms with Crippen molar-refractivity contribution >= 4 is 173 Å². The molecule has 796 valence electrons. The van der Waals surface area contributed by atoms with Crippen LogP contribution in [-0.4, -0.2) is 314 Å². The highest BCUT2D eigenvalue weighted by molar-refractivity contribution is 8.76. The zero-order chi connectivity index (χ0) is 107. The van der Waals surface area contributed by atoms with Crippen LogP contribution in [0.5, 0.6) is 28.7 Å². The molecule has 1 saturated heterocycles. The lowest BCUT2D eigenvalue weighted by molar-refractivity contribution is -0.141. The molecule has 0 bridgehead atoms. The van der Waals surface area contributed by atoms with Crippen molar-refractivity contribution in [3.05, 3.63) is 179 Å². The highest BCUT2D eigenvalue weighted by atomic mass is 33.1. The lowest BCUT2D eigenvalue weighted by Crippen LogP contribution is -2.59. The van der Waals surface area contributed by atoms with E-state index in [9.17, 15) is 107 Å². The Morgan fingerprint density at radius 1 is 0.523 bits per heavy atom. The van der Waals surface area contributed by atoms with Gasteiger partial charge in [-0.05, 0) is 103 Å². The number of aromatic nitrogens is 2. The van der Waals surface area contributed by atoms with Crippen molar-refractivity contribution < 1.29 is 149 Å². The van der Waals surface area contributed by atoms with Gasteiger partial charge in [-0.25, -0.2) is 4.79 Å². The fourth-order valence-corrected chi connectivity index (χ4v) is 17.9. The van der Waals surface area contributed by atoms with Crippen LogP contribution in [0.3, 0.4) is 0 Å². The van der Waals surface area contributed by atoms with E-state index >= 15 is 0 Å². The summed E-state index contributed by atoms with van der Waals surface area (Å²) < 4.78 is 51.2. The molecule has 5 heterocycles. The number of aliphatic carboxylic acids is 2. The normalized spacial score (nSPS) is 18.5. The third-order valence-electron chi connectivity index (χ3n) is 22.7. The van der Waals surface area contributed by atoms with Gasteiger partial charge in [-0.15, -0.1) is 0 Å². The number of fused-ring (bicyclic) bond motifs is 8. The van der Waals surface area contributed by atoms with Crippen LogP contribution in [0.2, 0.25) is 0 Å². The van der Waals surface area contributed by atoms with Crippen molar-refractivity contribution in [3.8, 4) is 28.7 Å². The quantitative estimate of drug-likeness (QED) is 0.00728. The Balaban J connectivity index is 0.633. The summed E-state index contributed by atoms with van der Waals surface area (Å²) >= 11 is 5.50. The zero-order valence-electron chi connectivity index (χ0n) is 80.6. The smallest absolute Gasteiger partial charge is 0.340 e. The van der Waals surface area contributed by atoms with E-state index in [-0.39, 0.29) is 93.3 Å². The number of thiocarbonyl (C=S) groups is 1. The number of esters is 2. The Morgan fingerprint density at radius 3 is 1.59 bits per heavy atom. The first kappa shape index (κ1) is 114. The molecule has 8 aromatic rings. The number of nitrogens with one attached hydrogen (secondary N) is 17. The van der Waals surface area contributed by atoms with Crippen molar-refractivity contribution in [2.75, 3.05) is 129 Å². The van der Waals surface area contributed by atoms with Crippen molar-refractivity contribution in [2.24, 2.45) is 5.73 Å². The van der Waals surface area contributed by atoms with E-state index in [1.165, 1.54) is 61.7 Å². The average Bonchev–Trinajstić information content (AvgIpc) is 1.53. The predicted molar refractivity (Wildman–Crippen MR) is 536 cm³/mol. The van der Waals surface area contributed by atoms with Crippen molar-refractivity contribution in [1.29, 1.82) is 0 Å². The van der Waals surface area contributed by atoms with Gasteiger partial charge in [0.2, 0.25) is 82.7 Å². The van der Waals surface area contributed by atoms with Crippen molar-refractivity contribution in [1.82, 2.24) is 84.4 Å². The van der Waals surface area contributed by atoms with Gasteiger partial charge >= 0.3 is 23.9 Å². The summed E-state index contributed by atoms with van der Waals surface area (Å²) in [5.41, 5.74) is 9.37. The molecule has 1 fully saturated rings. The van der Waals surface area contributed by atoms with Crippen LogP contribution in [-0.2, 0) is 140 Å². The van der Waals surface area contributed by atoms with Gasteiger partial charge in [-0.1, -0.05) is 76.2 Å². The number of phenolic OH excluding ortho intramolecular Hbond substituents is 2. The number of H-pyrrole nitrogens is 2. The largest absolute Gasteiger partial charge is 0.508 e. The van der Waals surface area contributed by atoms with Crippen LogP contribution in [0.15, 0.2) is 140 Å². The van der Waals surface area contributed by atoms with E-state index in [0.717, 1.165) is 28.5 Å². The van der Waals surface area contributed by atoms with E-state index in [4.69, 9.17) is 60.6 Å². The molecule has 149 heavy (non-hydrogen) atoms. The van der Waals surface area contributed by atoms with Crippen LogP contribution >= 0.6 is 33.8 Å². The van der Waals surface area contributed by atoms with Gasteiger partial charge in [0.05, 0.1) is 130 Å². The Bertz CT molecular complexity index is 6120. The molecule has 6 aromatic carbocycles. The van der Waals surface area contributed by atoms with Crippen LogP contribution in [0.25, 0.3) is 21.8 Å². The zero-order valence-corrected chi connectivity index (χ0v) is 83.1. The third-order valence-corrected chi connectivity index (χ3v) is 25.4. The molecule has 52 heteroatoms. The van der Waals surface area contributed by atoms with Gasteiger partial charge in [0, 0.05) is 119 Å².